The molecule has 1 aliphatic heterocycles. The monoisotopic (exact) mass is 183 g/mol. The number of nitrogens with zero attached hydrogens (tertiary/aromatic N) is 1. The fraction of sp³-hybridized carbons (Fsp3) is 0.375. The van der Waals surface area contributed by atoms with Crippen molar-refractivity contribution in [1.82, 2.24) is 0 Å². The minimum Gasteiger partial charge on any atom is -0.481 e. The van der Waals surface area contributed by atoms with E-state index in [4.69, 9.17) is 10.2 Å². The second-order valence-corrected chi connectivity index (χ2v) is 2.77. The lowest BCUT2D eigenvalue weighted by molar-refractivity contribution is -0.148. The van der Waals surface area contributed by atoms with E-state index in [2.05, 4.69) is 4.99 Å². The summed E-state index contributed by atoms with van der Waals surface area (Å²) < 4.78 is 0. The number of rotatable bonds is 5. The third-order valence-corrected chi connectivity index (χ3v) is 1.73. The molecule has 1 rings (SSSR count). The first kappa shape index (κ1) is 9.44. The van der Waals surface area contributed by atoms with Crippen LogP contribution in [0.15, 0.2) is 17.3 Å². The fourth-order valence-corrected chi connectivity index (χ4v) is 1.01. The molecule has 1 heterocycles. The van der Waals surface area contributed by atoms with E-state index in [1.54, 1.807) is 12.3 Å². The molecule has 0 radical (unpaired) electrons. The molecule has 5 heteroatoms. The molecule has 70 valence electrons. The molecule has 0 aromatic rings. The Balaban J connectivity index is 2.46. The van der Waals surface area contributed by atoms with Crippen LogP contribution in [0.3, 0.4) is 0 Å². The molecule has 1 aliphatic rings. The molecular formula is C8H9NO4. The topological polar surface area (TPSA) is 87.0 Å². The molecule has 0 saturated heterocycles. The molecule has 0 saturated carbocycles. The smallest absolute Gasteiger partial charge is 0.307 e. The van der Waals surface area contributed by atoms with Crippen molar-refractivity contribution in [3.63, 3.8) is 0 Å². The van der Waals surface area contributed by atoms with Gasteiger partial charge in [0.2, 0.25) is 0 Å². The van der Waals surface area contributed by atoms with Crippen LogP contribution in [-0.2, 0) is 9.59 Å². The van der Waals surface area contributed by atoms with Crippen LogP contribution in [0, 0.1) is 5.92 Å². The molecule has 2 N–H and O–H groups in total. The van der Waals surface area contributed by atoms with E-state index in [0.717, 1.165) is 0 Å². The molecular weight excluding hydrogens is 174 g/mol. The molecule has 1 atom stereocenters. The van der Waals surface area contributed by atoms with Crippen LogP contribution >= 0.6 is 0 Å². The molecule has 1 unspecified atom stereocenters. The Kier molecular flexibility index (Phi) is 2.79. The van der Waals surface area contributed by atoms with E-state index < -0.39 is 17.9 Å². The predicted octanol–water partition coefficient (Wildman–Crippen LogP) is 0.520. The maximum absolute atomic E-state index is 10.6. The summed E-state index contributed by atoms with van der Waals surface area (Å²) in [6.07, 6.45) is 3.06. The number of allylic oxidation sites excluding steroid dienone is 1. The Morgan fingerprint density at radius 1 is 1.46 bits per heavy atom. The lowest BCUT2D eigenvalue weighted by Gasteiger charge is -2.11. The average Bonchev–Trinajstić information content (AvgIpc) is 1.92. The van der Waals surface area contributed by atoms with Gasteiger partial charge in [-0.1, -0.05) is 0 Å². The van der Waals surface area contributed by atoms with Crippen LogP contribution in [0.4, 0.5) is 0 Å². The molecule has 0 bridgehead atoms. The Morgan fingerprint density at radius 3 is 2.38 bits per heavy atom. The fourth-order valence-electron chi connectivity index (χ4n) is 1.01. The second-order valence-electron chi connectivity index (χ2n) is 2.77. The summed E-state index contributed by atoms with van der Waals surface area (Å²) in [5.41, 5.74) is 0.647. The van der Waals surface area contributed by atoms with Gasteiger partial charge in [-0.25, -0.2) is 0 Å². The van der Waals surface area contributed by atoms with Crippen molar-refractivity contribution in [2.75, 3.05) is 0 Å². The molecule has 13 heavy (non-hydrogen) atoms. The van der Waals surface area contributed by atoms with Gasteiger partial charge < -0.3 is 10.2 Å². The van der Waals surface area contributed by atoms with Crippen LogP contribution < -0.4 is 0 Å². The van der Waals surface area contributed by atoms with Gasteiger partial charge in [-0.3, -0.25) is 14.6 Å². The van der Waals surface area contributed by atoms with Gasteiger partial charge in [0, 0.05) is 18.3 Å². The standard InChI is InChI=1S/C8H9NO4/c10-7(11)4-5(8(12)13)3-6-1-2-9-6/h1-2,5H,3-4H2,(H,10,11)(H,12,13). The third-order valence-electron chi connectivity index (χ3n) is 1.73. The number of carboxylic acid groups (broad SMARTS) is 2. The van der Waals surface area contributed by atoms with Gasteiger partial charge in [0.25, 0.3) is 0 Å². The average molecular weight is 183 g/mol. The number of hydrogen-bond acceptors (Lipinski definition) is 3. The first-order valence-electron chi connectivity index (χ1n) is 3.77. The Labute approximate surface area is 74.4 Å². The van der Waals surface area contributed by atoms with Crippen molar-refractivity contribution in [2.45, 2.75) is 12.8 Å². The molecule has 0 fully saturated rings. The summed E-state index contributed by atoms with van der Waals surface area (Å²) in [5, 5.41) is 17.1. The quantitative estimate of drug-likeness (QED) is 0.650. The normalized spacial score (nSPS) is 15.8. The summed E-state index contributed by atoms with van der Waals surface area (Å²) >= 11 is 0. The summed E-state index contributed by atoms with van der Waals surface area (Å²) in [7, 11) is 0. The lowest BCUT2D eigenvalue weighted by Crippen LogP contribution is -2.21. The van der Waals surface area contributed by atoms with E-state index in [0.29, 0.717) is 5.71 Å². The number of carboxylic acids is 2. The van der Waals surface area contributed by atoms with Crippen molar-refractivity contribution in [1.29, 1.82) is 0 Å². The van der Waals surface area contributed by atoms with Crippen LogP contribution in [-0.4, -0.2) is 27.9 Å². The highest BCUT2D eigenvalue weighted by molar-refractivity contribution is 6.01. The number of carbonyl (C=O) groups is 2. The second kappa shape index (κ2) is 3.84. The molecule has 0 aromatic carbocycles. The van der Waals surface area contributed by atoms with E-state index in [1.807, 2.05) is 0 Å². The first-order valence-corrected chi connectivity index (χ1v) is 3.77. The van der Waals surface area contributed by atoms with Crippen molar-refractivity contribution < 1.29 is 19.8 Å². The highest BCUT2D eigenvalue weighted by Crippen LogP contribution is 2.14. The number of hydrogen-bond donors (Lipinski definition) is 2. The maximum atomic E-state index is 10.6. The van der Waals surface area contributed by atoms with E-state index in [1.165, 1.54) is 0 Å². The van der Waals surface area contributed by atoms with E-state index in [9.17, 15) is 9.59 Å². The van der Waals surface area contributed by atoms with Gasteiger partial charge in [0.1, 0.15) is 0 Å². The van der Waals surface area contributed by atoms with E-state index >= 15 is 0 Å². The van der Waals surface area contributed by atoms with Gasteiger partial charge in [0.15, 0.2) is 0 Å². The Morgan fingerprint density at radius 2 is 2.08 bits per heavy atom. The van der Waals surface area contributed by atoms with Gasteiger partial charge in [-0.05, 0) is 6.08 Å². The van der Waals surface area contributed by atoms with Crippen LogP contribution in [0.1, 0.15) is 12.8 Å². The van der Waals surface area contributed by atoms with Crippen molar-refractivity contribution in [3.05, 3.63) is 12.3 Å². The van der Waals surface area contributed by atoms with Gasteiger partial charge >= 0.3 is 11.9 Å². The highest BCUT2D eigenvalue weighted by atomic mass is 16.4. The van der Waals surface area contributed by atoms with Crippen LogP contribution in [0.25, 0.3) is 0 Å². The number of aliphatic imine (C=N–C) groups is 1. The van der Waals surface area contributed by atoms with Crippen molar-refractivity contribution in [2.24, 2.45) is 10.9 Å². The number of aliphatic carboxylic acids is 2. The van der Waals surface area contributed by atoms with Crippen molar-refractivity contribution >= 4 is 17.7 Å². The summed E-state index contributed by atoms with van der Waals surface area (Å²) in [6.45, 7) is 0. The molecule has 0 aromatic heterocycles. The molecule has 0 spiro atoms. The summed E-state index contributed by atoms with van der Waals surface area (Å²) in [6, 6.07) is 0. The van der Waals surface area contributed by atoms with Gasteiger partial charge in [-0.2, -0.15) is 0 Å². The maximum Gasteiger partial charge on any atom is 0.307 e. The zero-order chi connectivity index (χ0) is 9.84. The lowest BCUT2D eigenvalue weighted by atomic mass is 9.97. The molecule has 5 nitrogen and oxygen atoms in total. The first-order chi connectivity index (χ1) is 6.09. The zero-order valence-corrected chi connectivity index (χ0v) is 6.80. The SMILES string of the molecule is O=C(O)CC(CC1=NC=C1)C(=O)O. The minimum absolute atomic E-state index is 0.193. The Hall–Kier alpha value is -1.65. The summed E-state index contributed by atoms with van der Waals surface area (Å²) in [5.74, 6) is -3.07. The van der Waals surface area contributed by atoms with Gasteiger partial charge in [0.05, 0.1) is 12.3 Å². The van der Waals surface area contributed by atoms with Crippen LogP contribution in [0.5, 0.6) is 0 Å². The van der Waals surface area contributed by atoms with Gasteiger partial charge in [-0.15, -0.1) is 0 Å². The minimum atomic E-state index is -1.10. The van der Waals surface area contributed by atoms with Crippen molar-refractivity contribution in [3.8, 4) is 0 Å². The van der Waals surface area contributed by atoms with E-state index in [-0.39, 0.29) is 12.8 Å². The largest absolute Gasteiger partial charge is 0.481 e. The third kappa shape index (κ3) is 2.70. The Bertz CT molecular complexity index is 293. The van der Waals surface area contributed by atoms with Crippen LogP contribution in [0.2, 0.25) is 0 Å². The molecule has 0 amide bonds. The zero-order valence-electron chi connectivity index (χ0n) is 6.80. The molecule has 0 aliphatic carbocycles. The predicted molar refractivity (Wildman–Crippen MR) is 44.6 cm³/mol. The highest BCUT2D eigenvalue weighted by Gasteiger charge is 2.23. The summed E-state index contributed by atoms with van der Waals surface area (Å²) in [4.78, 5) is 24.6.